The summed E-state index contributed by atoms with van der Waals surface area (Å²) < 4.78 is 5.07. The van der Waals surface area contributed by atoms with Gasteiger partial charge in [0.25, 0.3) is 0 Å². The SMILES string of the molecule is CCOC(=O)c1cc(O)c2cc(-c3cc(C45CC6CC(CC(C6)C4)C5)ccc3O)ccc2c1. The van der Waals surface area contributed by atoms with Crippen LogP contribution in [0.2, 0.25) is 0 Å². The van der Waals surface area contributed by atoms with Gasteiger partial charge in [0.15, 0.2) is 0 Å². The van der Waals surface area contributed by atoms with Crippen molar-refractivity contribution in [2.45, 2.75) is 50.9 Å². The third-order valence-corrected chi connectivity index (χ3v) is 8.40. The number of fused-ring (bicyclic) bond motifs is 1. The predicted molar refractivity (Wildman–Crippen MR) is 129 cm³/mol. The molecular formula is C29H30O4. The molecule has 2 N–H and O–H groups in total. The van der Waals surface area contributed by atoms with Crippen LogP contribution in [0, 0.1) is 17.8 Å². The summed E-state index contributed by atoms with van der Waals surface area (Å²) in [6.45, 7) is 2.05. The number of esters is 1. The highest BCUT2D eigenvalue weighted by atomic mass is 16.5. The number of carbonyl (C=O) groups excluding carboxylic acids is 1. The molecule has 4 aliphatic carbocycles. The van der Waals surface area contributed by atoms with Gasteiger partial charge in [-0.25, -0.2) is 4.79 Å². The first-order chi connectivity index (χ1) is 15.9. The van der Waals surface area contributed by atoms with E-state index in [0.717, 1.165) is 34.3 Å². The van der Waals surface area contributed by atoms with E-state index in [1.54, 1.807) is 13.0 Å². The predicted octanol–water partition coefficient (Wildman–Crippen LogP) is 6.56. The van der Waals surface area contributed by atoms with Crippen molar-refractivity contribution in [3.05, 3.63) is 59.7 Å². The summed E-state index contributed by atoms with van der Waals surface area (Å²) in [4.78, 5) is 12.1. The molecule has 4 nitrogen and oxygen atoms in total. The molecule has 0 saturated heterocycles. The zero-order valence-electron chi connectivity index (χ0n) is 19.0. The fourth-order valence-electron chi connectivity index (χ4n) is 7.40. The van der Waals surface area contributed by atoms with E-state index in [1.165, 1.54) is 50.2 Å². The van der Waals surface area contributed by atoms with Gasteiger partial charge in [0.05, 0.1) is 12.2 Å². The molecule has 0 spiro atoms. The fourth-order valence-corrected chi connectivity index (χ4v) is 7.40. The summed E-state index contributed by atoms with van der Waals surface area (Å²) in [7, 11) is 0. The second kappa shape index (κ2) is 7.51. The van der Waals surface area contributed by atoms with Gasteiger partial charge in [-0.3, -0.25) is 0 Å². The van der Waals surface area contributed by atoms with Crippen LogP contribution >= 0.6 is 0 Å². The van der Waals surface area contributed by atoms with E-state index in [2.05, 4.69) is 12.1 Å². The molecule has 0 heterocycles. The normalized spacial score (nSPS) is 27.7. The molecule has 3 aromatic rings. The van der Waals surface area contributed by atoms with Crippen LogP contribution in [0.1, 0.15) is 61.4 Å². The van der Waals surface area contributed by atoms with E-state index in [-0.39, 0.29) is 23.5 Å². The van der Waals surface area contributed by atoms with Crippen molar-refractivity contribution in [3.8, 4) is 22.6 Å². The topological polar surface area (TPSA) is 66.8 Å². The molecule has 7 rings (SSSR count). The molecule has 170 valence electrons. The van der Waals surface area contributed by atoms with Crippen LogP contribution in [0.4, 0.5) is 0 Å². The maximum absolute atomic E-state index is 12.1. The first-order valence-corrected chi connectivity index (χ1v) is 12.2. The van der Waals surface area contributed by atoms with Crippen molar-refractivity contribution in [1.82, 2.24) is 0 Å². The molecule has 4 heteroatoms. The Kier molecular flexibility index (Phi) is 4.69. The van der Waals surface area contributed by atoms with E-state index < -0.39 is 5.97 Å². The van der Waals surface area contributed by atoms with Gasteiger partial charge in [-0.15, -0.1) is 0 Å². The molecule has 4 fully saturated rings. The van der Waals surface area contributed by atoms with Crippen LogP contribution in [-0.4, -0.2) is 22.8 Å². The third-order valence-electron chi connectivity index (χ3n) is 8.40. The number of ether oxygens (including phenoxy) is 1. The number of rotatable bonds is 4. The second-order valence-electron chi connectivity index (χ2n) is 10.6. The number of carbonyl (C=O) groups is 1. The van der Waals surface area contributed by atoms with Crippen molar-refractivity contribution in [2.75, 3.05) is 6.61 Å². The molecule has 0 unspecified atom stereocenters. The summed E-state index contributed by atoms with van der Waals surface area (Å²) >= 11 is 0. The van der Waals surface area contributed by atoms with Gasteiger partial charge in [0, 0.05) is 10.9 Å². The van der Waals surface area contributed by atoms with Gasteiger partial charge in [-0.2, -0.15) is 0 Å². The van der Waals surface area contributed by atoms with Gasteiger partial charge < -0.3 is 14.9 Å². The van der Waals surface area contributed by atoms with Gasteiger partial charge in [-0.1, -0.05) is 18.2 Å². The van der Waals surface area contributed by atoms with Crippen LogP contribution in [0.5, 0.6) is 11.5 Å². The lowest BCUT2D eigenvalue weighted by Gasteiger charge is -2.57. The van der Waals surface area contributed by atoms with Crippen LogP contribution in [-0.2, 0) is 10.2 Å². The monoisotopic (exact) mass is 442 g/mol. The van der Waals surface area contributed by atoms with Crippen LogP contribution in [0.25, 0.3) is 21.9 Å². The maximum atomic E-state index is 12.1. The third kappa shape index (κ3) is 3.38. The largest absolute Gasteiger partial charge is 0.507 e. The lowest BCUT2D eigenvalue weighted by molar-refractivity contribution is -0.00518. The van der Waals surface area contributed by atoms with Crippen molar-refractivity contribution >= 4 is 16.7 Å². The van der Waals surface area contributed by atoms with Crippen LogP contribution < -0.4 is 0 Å². The standard InChI is InChI=1S/C29H30O4/c1-2-33-28(32)22-10-20-3-4-21(11-24(20)27(31)12-22)25-13-23(5-6-26(25)30)29-14-17-7-18(15-29)9-19(8-17)16-29/h3-6,10-13,17-19,30-31H,2,7-9,14-16H2,1H3. The Labute approximate surface area is 194 Å². The maximum Gasteiger partial charge on any atom is 0.338 e. The summed E-state index contributed by atoms with van der Waals surface area (Å²) in [5.41, 5.74) is 3.62. The van der Waals surface area contributed by atoms with E-state index in [9.17, 15) is 15.0 Å². The Bertz CT molecular complexity index is 1220. The quantitative estimate of drug-likeness (QED) is 0.449. The number of phenols is 2. The highest BCUT2D eigenvalue weighted by Gasteiger charge is 2.51. The van der Waals surface area contributed by atoms with Crippen molar-refractivity contribution in [3.63, 3.8) is 0 Å². The lowest BCUT2D eigenvalue weighted by Crippen LogP contribution is -2.48. The number of phenolic OH excluding ortho intramolecular Hbond substituents is 2. The van der Waals surface area contributed by atoms with Crippen LogP contribution in [0.3, 0.4) is 0 Å². The Morgan fingerprint density at radius 1 is 0.909 bits per heavy atom. The Morgan fingerprint density at radius 2 is 1.61 bits per heavy atom. The lowest BCUT2D eigenvalue weighted by atomic mass is 9.48. The van der Waals surface area contributed by atoms with Gasteiger partial charge in [0.2, 0.25) is 0 Å². The molecule has 0 atom stereocenters. The molecule has 0 aliphatic heterocycles. The molecule has 33 heavy (non-hydrogen) atoms. The summed E-state index contributed by atoms with van der Waals surface area (Å²) in [6.07, 6.45) is 8.04. The zero-order valence-corrected chi connectivity index (χ0v) is 19.0. The smallest absolute Gasteiger partial charge is 0.338 e. The van der Waals surface area contributed by atoms with Crippen molar-refractivity contribution < 1.29 is 19.7 Å². The number of hydrogen-bond donors (Lipinski definition) is 2. The Morgan fingerprint density at radius 3 is 2.27 bits per heavy atom. The van der Waals surface area contributed by atoms with Gasteiger partial charge in [-0.05, 0) is 115 Å². The second-order valence-corrected chi connectivity index (χ2v) is 10.6. The average Bonchev–Trinajstić information content (AvgIpc) is 2.78. The van der Waals surface area contributed by atoms with Crippen molar-refractivity contribution in [2.24, 2.45) is 17.8 Å². The zero-order chi connectivity index (χ0) is 22.7. The molecule has 3 aromatic carbocycles. The highest BCUT2D eigenvalue weighted by Crippen LogP contribution is 2.61. The average molecular weight is 443 g/mol. The molecule has 0 amide bonds. The highest BCUT2D eigenvalue weighted by molar-refractivity contribution is 5.99. The molecule has 0 radical (unpaired) electrons. The number of hydrogen-bond acceptors (Lipinski definition) is 4. The molecule has 4 saturated carbocycles. The first kappa shape index (κ1) is 20.6. The van der Waals surface area contributed by atoms with E-state index in [0.29, 0.717) is 10.9 Å². The van der Waals surface area contributed by atoms with E-state index in [1.807, 2.05) is 24.3 Å². The summed E-state index contributed by atoms with van der Waals surface area (Å²) in [6, 6.07) is 15.1. The Hall–Kier alpha value is -3.01. The summed E-state index contributed by atoms with van der Waals surface area (Å²) in [5.74, 6) is 2.43. The fraction of sp³-hybridized carbons (Fsp3) is 0.414. The van der Waals surface area contributed by atoms with Gasteiger partial charge in [0.1, 0.15) is 11.5 Å². The molecule has 0 aromatic heterocycles. The van der Waals surface area contributed by atoms with Crippen LogP contribution in [0.15, 0.2) is 48.5 Å². The molecule has 4 aliphatic rings. The first-order valence-electron chi connectivity index (χ1n) is 12.2. The van der Waals surface area contributed by atoms with Crippen molar-refractivity contribution in [1.29, 1.82) is 0 Å². The minimum atomic E-state index is -0.445. The van der Waals surface area contributed by atoms with E-state index in [4.69, 9.17) is 4.74 Å². The van der Waals surface area contributed by atoms with Gasteiger partial charge >= 0.3 is 5.97 Å². The van der Waals surface area contributed by atoms with E-state index >= 15 is 0 Å². The summed E-state index contributed by atoms with van der Waals surface area (Å²) in [5, 5.41) is 22.8. The number of aromatic hydroxyl groups is 2. The minimum absolute atomic E-state index is 0.0362. The number of benzene rings is 3. The Balaban J connectivity index is 1.40. The molecular weight excluding hydrogens is 412 g/mol. The molecule has 4 bridgehead atoms. The minimum Gasteiger partial charge on any atom is -0.507 e.